The smallest absolute Gasteiger partial charge is 0.230 e. The third kappa shape index (κ3) is 3.78. The summed E-state index contributed by atoms with van der Waals surface area (Å²) in [6, 6.07) is 8.77. The number of hydrogen-bond donors (Lipinski definition) is 1. The number of nitrogens with zero attached hydrogens (tertiary/aromatic N) is 1. The van der Waals surface area contributed by atoms with Crippen molar-refractivity contribution in [1.82, 2.24) is 4.90 Å². The van der Waals surface area contributed by atoms with Gasteiger partial charge in [-0.05, 0) is 65.8 Å². The molecule has 2 aromatic rings. The van der Waals surface area contributed by atoms with E-state index in [0.717, 1.165) is 28.8 Å². The van der Waals surface area contributed by atoms with Crippen molar-refractivity contribution in [2.45, 2.75) is 31.4 Å². The summed E-state index contributed by atoms with van der Waals surface area (Å²) < 4.78 is 63.0. The molecule has 0 fully saturated rings. The molecule has 2 aliphatic carbocycles. The molecule has 2 aromatic carbocycles. The Bertz CT molecular complexity index is 1380. The van der Waals surface area contributed by atoms with E-state index in [0.29, 0.717) is 37.1 Å². The molecule has 0 saturated carbocycles. The minimum Gasteiger partial charge on any atom is -0.315 e. The van der Waals surface area contributed by atoms with Crippen LogP contribution in [0.2, 0.25) is 0 Å². The lowest BCUT2D eigenvalue weighted by molar-refractivity contribution is -0.133. The highest BCUT2D eigenvalue weighted by Gasteiger charge is 2.43. The molecule has 0 spiro atoms. The predicted octanol–water partition coefficient (Wildman–Crippen LogP) is 5.38. The fraction of sp³-hybridized carbons (Fsp3) is 0.346. The van der Waals surface area contributed by atoms with Gasteiger partial charge in [0.2, 0.25) is 5.91 Å². The molecule has 0 aromatic heterocycles. The molecule has 0 radical (unpaired) electrons. The number of carbonyl (C=O) groups is 1. The number of carbonyl (C=O) groups excluding carboxylic acids is 1. The molecule has 3 aliphatic rings. The lowest BCUT2D eigenvalue weighted by Gasteiger charge is -2.33. The second-order valence-electron chi connectivity index (χ2n) is 9.51. The third-order valence-corrected chi connectivity index (χ3v) is 8.77. The molecule has 1 amide bonds. The number of nitrogens with one attached hydrogen (secondary N) is 1. The molecule has 34 heavy (non-hydrogen) atoms. The normalized spacial score (nSPS) is 25.6. The van der Waals surface area contributed by atoms with E-state index in [1.165, 1.54) is 18.4 Å². The van der Waals surface area contributed by atoms with Gasteiger partial charge in [0.1, 0.15) is 22.7 Å². The van der Waals surface area contributed by atoms with Crippen LogP contribution in [-0.4, -0.2) is 33.1 Å². The fourth-order valence-corrected chi connectivity index (χ4v) is 7.11. The van der Waals surface area contributed by atoms with Crippen LogP contribution < -0.4 is 0 Å². The summed E-state index contributed by atoms with van der Waals surface area (Å²) in [6.07, 6.45) is 4.12. The Morgan fingerprint density at radius 2 is 1.82 bits per heavy atom. The Morgan fingerprint density at radius 1 is 1.09 bits per heavy atom. The number of amides is 1. The van der Waals surface area contributed by atoms with Crippen molar-refractivity contribution >= 4 is 15.6 Å². The van der Waals surface area contributed by atoms with Crippen LogP contribution in [0.25, 0.3) is 11.1 Å². The largest absolute Gasteiger partial charge is 0.315 e. The topological polar surface area (TPSA) is 61.2 Å². The van der Waals surface area contributed by atoms with E-state index in [9.17, 15) is 22.2 Å². The van der Waals surface area contributed by atoms with Crippen molar-refractivity contribution in [3.8, 4) is 11.1 Å². The molecular weight excluding hydrogens is 461 g/mol. The zero-order valence-corrected chi connectivity index (χ0v) is 19.7. The molecule has 1 heterocycles. The van der Waals surface area contributed by atoms with E-state index in [2.05, 4.69) is 0 Å². The van der Waals surface area contributed by atoms with E-state index in [-0.39, 0.29) is 17.4 Å². The predicted molar refractivity (Wildman–Crippen MR) is 125 cm³/mol. The van der Waals surface area contributed by atoms with Crippen LogP contribution in [-0.2, 0) is 27.4 Å². The van der Waals surface area contributed by atoms with Gasteiger partial charge in [0.05, 0.1) is 9.73 Å². The molecule has 1 aliphatic heterocycles. The number of allylic oxidation sites excluding steroid dienone is 2. The van der Waals surface area contributed by atoms with Gasteiger partial charge in [0.15, 0.2) is 0 Å². The lowest BCUT2D eigenvalue weighted by atomic mass is 9.92. The van der Waals surface area contributed by atoms with Gasteiger partial charge in [-0.1, -0.05) is 25.1 Å². The number of halogens is 3. The molecule has 5 rings (SSSR count). The fourth-order valence-electron chi connectivity index (χ4n) is 5.70. The molecule has 4 nitrogen and oxygen atoms in total. The maximum atomic E-state index is 14.6. The highest BCUT2D eigenvalue weighted by atomic mass is 32.2. The van der Waals surface area contributed by atoms with Crippen LogP contribution in [0.3, 0.4) is 0 Å². The van der Waals surface area contributed by atoms with Crippen molar-refractivity contribution in [2.75, 3.05) is 12.8 Å². The Morgan fingerprint density at radius 3 is 2.56 bits per heavy atom. The van der Waals surface area contributed by atoms with E-state index < -0.39 is 38.4 Å². The van der Waals surface area contributed by atoms with Gasteiger partial charge in [-0.3, -0.25) is 9.57 Å². The highest BCUT2D eigenvalue weighted by Crippen LogP contribution is 2.42. The van der Waals surface area contributed by atoms with E-state index >= 15 is 0 Å². The number of fused-ring (bicyclic) bond motifs is 1. The van der Waals surface area contributed by atoms with Gasteiger partial charge >= 0.3 is 0 Å². The van der Waals surface area contributed by atoms with Crippen molar-refractivity contribution in [3.63, 3.8) is 0 Å². The second kappa shape index (κ2) is 8.12. The Balaban J connectivity index is 1.40. The molecule has 0 bridgehead atoms. The van der Waals surface area contributed by atoms with Crippen LogP contribution in [0, 0.1) is 28.2 Å². The van der Waals surface area contributed by atoms with Gasteiger partial charge in [-0.15, -0.1) is 0 Å². The first-order valence-electron chi connectivity index (χ1n) is 11.3. The highest BCUT2D eigenvalue weighted by molar-refractivity contribution is 7.92. The first kappa shape index (κ1) is 22.9. The van der Waals surface area contributed by atoms with E-state index in [1.807, 2.05) is 12.1 Å². The van der Waals surface area contributed by atoms with Crippen LogP contribution >= 0.6 is 0 Å². The van der Waals surface area contributed by atoms with Gasteiger partial charge in [-0.2, -0.15) is 0 Å². The molecular formula is C26H25F3N2O2S. The monoisotopic (exact) mass is 486 g/mol. The molecule has 178 valence electrons. The zero-order valence-electron chi connectivity index (χ0n) is 18.9. The Kier molecular flexibility index (Phi) is 5.47. The Hall–Kier alpha value is -2.87. The maximum Gasteiger partial charge on any atom is 0.230 e. The average Bonchev–Trinajstić information content (AvgIpc) is 3.37. The Labute approximate surface area is 197 Å². The van der Waals surface area contributed by atoms with E-state index in [1.54, 1.807) is 17.9 Å². The summed E-state index contributed by atoms with van der Waals surface area (Å²) in [7, 11) is -3.19. The summed E-state index contributed by atoms with van der Waals surface area (Å²) in [4.78, 5) is 15.2. The number of rotatable bonds is 3. The second-order valence-corrected chi connectivity index (χ2v) is 11.8. The zero-order chi connectivity index (χ0) is 24.4. The minimum absolute atomic E-state index is 0.0754. The average molecular weight is 487 g/mol. The summed E-state index contributed by atoms with van der Waals surface area (Å²) in [5.41, 5.74) is 4.08. The van der Waals surface area contributed by atoms with Crippen LogP contribution in [0.5, 0.6) is 0 Å². The molecule has 0 saturated heterocycles. The SMILES string of the molecule is CC1C2=C(C=C(F)C1S(C)(=N)=O)CCN2C(=O)[C@@H]1Cc2ccc(-c3cc(F)ccc3F)cc2C1. The summed E-state index contributed by atoms with van der Waals surface area (Å²) in [5.74, 6) is -2.50. The lowest BCUT2D eigenvalue weighted by Crippen LogP contribution is -2.40. The van der Waals surface area contributed by atoms with Crippen molar-refractivity contribution in [1.29, 1.82) is 4.78 Å². The van der Waals surface area contributed by atoms with Gasteiger partial charge in [0.25, 0.3) is 0 Å². The van der Waals surface area contributed by atoms with Crippen molar-refractivity contribution in [2.24, 2.45) is 11.8 Å². The van der Waals surface area contributed by atoms with Crippen LogP contribution in [0.1, 0.15) is 24.5 Å². The van der Waals surface area contributed by atoms with Gasteiger partial charge < -0.3 is 4.90 Å². The molecule has 4 atom stereocenters. The number of hydrogen-bond acceptors (Lipinski definition) is 3. The summed E-state index contributed by atoms with van der Waals surface area (Å²) in [5, 5.41) is -1.07. The first-order valence-corrected chi connectivity index (χ1v) is 13.3. The molecule has 1 N–H and O–H groups in total. The van der Waals surface area contributed by atoms with Crippen molar-refractivity contribution < 1.29 is 22.2 Å². The first-order chi connectivity index (χ1) is 16.0. The standard InChI is InChI=1S/C26H25F3N2O2S/c1-14-24-17(12-23(29)25(14)34(2,30)33)7-8-31(24)26(32)19-9-15-3-4-16(10-18(15)11-19)21-13-20(27)5-6-22(21)28/h3-6,10,12-14,19,25,30H,7-9,11H2,1-2H3/t14?,19-,25?,34?/m1/s1. The summed E-state index contributed by atoms with van der Waals surface area (Å²) >= 11 is 0. The van der Waals surface area contributed by atoms with Crippen molar-refractivity contribution in [3.05, 3.63) is 82.3 Å². The summed E-state index contributed by atoms with van der Waals surface area (Å²) in [6.45, 7) is 2.17. The minimum atomic E-state index is -3.19. The maximum absolute atomic E-state index is 14.6. The number of benzene rings is 2. The molecule has 8 heteroatoms. The third-order valence-electron chi connectivity index (χ3n) is 7.17. The quantitative estimate of drug-likeness (QED) is 0.633. The van der Waals surface area contributed by atoms with Crippen LogP contribution in [0.15, 0.2) is 59.6 Å². The van der Waals surface area contributed by atoms with Gasteiger partial charge in [0, 0.05) is 35.9 Å². The van der Waals surface area contributed by atoms with Crippen LogP contribution in [0.4, 0.5) is 13.2 Å². The van der Waals surface area contributed by atoms with Gasteiger partial charge in [-0.25, -0.2) is 17.4 Å². The van der Waals surface area contributed by atoms with E-state index in [4.69, 9.17) is 4.78 Å². The molecule has 3 unspecified atom stereocenters.